The molecule has 2 aliphatic heterocycles. The second kappa shape index (κ2) is 8.84. The maximum atomic E-state index is 12.6. The highest BCUT2D eigenvalue weighted by Crippen LogP contribution is 2.36. The van der Waals surface area contributed by atoms with E-state index < -0.39 is 0 Å². The summed E-state index contributed by atoms with van der Waals surface area (Å²) in [5, 5.41) is 8.94. The van der Waals surface area contributed by atoms with Crippen LogP contribution in [0.3, 0.4) is 0 Å². The number of aliphatic hydroxyl groups excluding tert-OH is 1. The first-order valence-electron chi connectivity index (χ1n) is 9.41. The lowest BCUT2D eigenvalue weighted by molar-refractivity contribution is -0.162. The van der Waals surface area contributed by atoms with E-state index in [0.717, 1.165) is 50.1 Å². The van der Waals surface area contributed by atoms with Crippen molar-refractivity contribution in [3.63, 3.8) is 0 Å². The summed E-state index contributed by atoms with van der Waals surface area (Å²) in [7, 11) is 1.63. The lowest BCUT2D eigenvalue weighted by Gasteiger charge is -2.46. The molecule has 0 bridgehead atoms. The molecule has 2 fully saturated rings. The molecule has 1 spiro atoms. The molecule has 144 valence electrons. The van der Waals surface area contributed by atoms with Crippen molar-refractivity contribution in [2.24, 2.45) is 0 Å². The first kappa shape index (κ1) is 19.1. The van der Waals surface area contributed by atoms with Crippen LogP contribution in [0.1, 0.15) is 31.2 Å². The van der Waals surface area contributed by atoms with Crippen molar-refractivity contribution in [3.05, 3.63) is 29.8 Å². The molecule has 2 heterocycles. The van der Waals surface area contributed by atoms with Crippen molar-refractivity contribution in [1.29, 1.82) is 0 Å². The number of amides is 1. The normalized spacial score (nSPS) is 22.4. The summed E-state index contributed by atoms with van der Waals surface area (Å²) in [6.45, 7) is 2.56. The topological polar surface area (TPSA) is 68.2 Å². The zero-order valence-corrected chi connectivity index (χ0v) is 15.5. The van der Waals surface area contributed by atoms with E-state index in [4.69, 9.17) is 19.3 Å². The number of hydrogen-bond donors (Lipinski definition) is 1. The standard InChI is InChI=1S/C20H29NO5/c1-24-17-4-2-3-16(13-17)14-19(23)21-8-6-20(7-9-21)15-18(5-11-26-20)25-12-10-22/h2-4,13,18,22H,5-12,14-15H2,1H3. The number of aliphatic hydroxyl groups is 1. The Hall–Kier alpha value is -1.63. The van der Waals surface area contributed by atoms with Gasteiger partial charge in [-0.2, -0.15) is 0 Å². The molecular formula is C20H29NO5. The molecule has 0 radical (unpaired) electrons. The van der Waals surface area contributed by atoms with Gasteiger partial charge < -0.3 is 24.2 Å². The third-order valence-corrected chi connectivity index (χ3v) is 5.41. The fourth-order valence-corrected chi connectivity index (χ4v) is 3.93. The van der Waals surface area contributed by atoms with Crippen molar-refractivity contribution >= 4 is 5.91 Å². The van der Waals surface area contributed by atoms with Gasteiger partial charge in [-0.3, -0.25) is 4.79 Å². The molecule has 0 saturated carbocycles. The van der Waals surface area contributed by atoms with E-state index in [1.807, 2.05) is 29.2 Å². The molecule has 2 saturated heterocycles. The van der Waals surface area contributed by atoms with Crippen molar-refractivity contribution in [1.82, 2.24) is 4.90 Å². The maximum Gasteiger partial charge on any atom is 0.226 e. The van der Waals surface area contributed by atoms with Gasteiger partial charge in [0.25, 0.3) is 0 Å². The van der Waals surface area contributed by atoms with E-state index in [1.54, 1.807) is 7.11 Å². The molecule has 3 rings (SSSR count). The minimum atomic E-state index is -0.175. The molecule has 1 atom stereocenters. The molecule has 0 aromatic heterocycles. The van der Waals surface area contributed by atoms with Crippen LogP contribution in [0.2, 0.25) is 0 Å². The summed E-state index contributed by atoms with van der Waals surface area (Å²) in [4.78, 5) is 14.6. The number of ether oxygens (including phenoxy) is 3. The first-order valence-corrected chi connectivity index (χ1v) is 9.41. The molecular weight excluding hydrogens is 334 g/mol. The Morgan fingerprint density at radius 3 is 2.92 bits per heavy atom. The number of hydrogen-bond acceptors (Lipinski definition) is 5. The van der Waals surface area contributed by atoms with Gasteiger partial charge in [0.15, 0.2) is 0 Å². The van der Waals surface area contributed by atoms with E-state index in [-0.39, 0.29) is 24.2 Å². The predicted octanol–water partition coefficient (Wildman–Crippen LogP) is 1.79. The Bertz CT molecular complexity index is 598. The summed E-state index contributed by atoms with van der Waals surface area (Å²) in [6.07, 6.45) is 3.96. The van der Waals surface area contributed by atoms with E-state index in [0.29, 0.717) is 19.6 Å². The lowest BCUT2D eigenvalue weighted by Crippen LogP contribution is -2.52. The summed E-state index contributed by atoms with van der Waals surface area (Å²) in [5.74, 6) is 0.925. The zero-order chi connectivity index (χ0) is 18.4. The molecule has 0 aliphatic carbocycles. The van der Waals surface area contributed by atoms with E-state index in [9.17, 15) is 4.79 Å². The van der Waals surface area contributed by atoms with Gasteiger partial charge in [-0.1, -0.05) is 12.1 Å². The van der Waals surface area contributed by atoms with E-state index in [1.165, 1.54) is 0 Å². The van der Waals surface area contributed by atoms with Gasteiger partial charge in [-0.05, 0) is 37.0 Å². The van der Waals surface area contributed by atoms with Crippen LogP contribution in [-0.4, -0.2) is 67.6 Å². The Morgan fingerprint density at radius 2 is 2.19 bits per heavy atom. The second-order valence-corrected chi connectivity index (χ2v) is 7.15. The van der Waals surface area contributed by atoms with E-state index >= 15 is 0 Å². The van der Waals surface area contributed by atoms with Crippen molar-refractivity contribution in [3.8, 4) is 5.75 Å². The van der Waals surface area contributed by atoms with Crippen LogP contribution in [0.5, 0.6) is 5.75 Å². The molecule has 1 unspecified atom stereocenters. The number of carbonyl (C=O) groups is 1. The average Bonchev–Trinajstić information content (AvgIpc) is 2.67. The Labute approximate surface area is 155 Å². The molecule has 2 aliphatic rings. The van der Waals surface area contributed by atoms with Gasteiger partial charge in [0, 0.05) is 26.1 Å². The highest BCUT2D eigenvalue weighted by atomic mass is 16.5. The Balaban J connectivity index is 1.51. The summed E-state index contributed by atoms with van der Waals surface area (Å²) >= 11 is 0. The largest absolute Gasteiger partial charge is 0.497 e. The van der Waals surface area contributed by atoms with Gasteiger partial charge in [0.2, 0.25) is 5.91 Å². The zero-order valence-electron chi connectivity index (χ0n) is 15.5. The Kier molecular flexibility index (Phi) is 6.51. The number of benzene rings is 1. The molecule has 1 N–H and O–H groups in total. The smallest absolute Gasteiger partial charge is 0.226 e. The van der Waals surface area contributed by atoms with Crippen LogP contribution >= 0.6 is 0 Å². The number of methoxy groups -OCH3 is 1. The van der Waals surface area contributed by atoms with Gasteiger partial charge in [0.05, 0.1) is 38.4 Å². The lowest BCUT2D eigenvalue weighted by atomic mass is 9.83. The van der Waals surface area contributed by atoms with Crippen LogP contribution in [0, 0.1) is 0 Å². The summed E-state index contributed by atoms with van der Waals surface area (Å²) < 4.78 is 17.0. The summed E-state index contributed by atoms with van der Waals surface area (Å²) in [6, 6.07) is 7.67. The predicted molar refractivity (Wildman–Crippen MR) is 97.3 cm³/mol. The van der Waals surface area contributed by atoms with Crippen LogP contribution in [-0.2, 0) is 20.7 Å². The number of nitrogens with zero attached hydrogens (tertiary/aromatic N) is 1. The van der Waals surface area contributed by atoms with Gasteiger partial charge >= 0.3 is 0 Å². The SMILES string of the molecule is COc1cccc(CC(=O)N2CCC3(CC2)CC(OCCO)CCO3)c1. The highest BCUT2D eigenvalue weighted by Gasteiger charge is 2.41. The fraction of sp³-hybridized carbons (Fsp3) is 0.650. The van der Waals surface area contributed by atoms with Gasteiger partial charge in [0.1, 0.15) is 5.75 Å². The van der Waals surface area contributed by atoms with Crippen molar-refractivity contribution in [2.45, 2.75) is 43.8 Å². The van der Waals surface area contributed by atoms with Crippen molar-refractivity contribution in [2.75, 3.05) is 40.0 Å². The third-order valence-electron chi connectivity index (χ3n) is 5.41. The maximum absolute atomic E-state index is 12.6. The number of rotatable bonds is 6. The van der Waals surface area contributed by atoms with Crippen molar-refractivity contribution < 1.29 is 24.1 Å². The third kappa shape index (κ3) is 4.75. The van der Waals surface area contributed by atoms with Gasteiger partial charge in [-0.15, -0.1) is 0 Å². The minimum absolute atomic E-state index is 0.0525. The van der Waals surface area contributed by atoms with E-state index in [2.05, 4.69) is 0 Å². The number of carbonyl (C=O) groups excluding carboxylic acids is 1. The monoisotopic (exact) mass is 363 g/mol. The molecule has 6 heteroatoms. The first-order chi connectivity index (χ1) is 12.6. The minimum Gasteiger partial charge on any atom is -0.497 e. The highest BCUT2D eigenvalue weighted by molar-refractivity contribution is 5.79. The quantitative estimate of drug-likeness (QED) is 0.835. The van der Waals surface area contributed by atoms with Crippen LogP contribution in [0.15, 0.2) is 24.3 Å². The van der Waals surface area contributed by atoms with Crippen LogP contribution in [0.4, 0.5) is 0 Å². The molecule has 26 heavy (non-hydrogen) atoms. The second-order valence-electron chi connectivity index (χ2n) is 7.15. The Morgan fingerprint density at radius 1 is 1.38 bits per heavy atom. The molecule has 6 nitrogen and oxygen atoms in total. The molecule has 1 aromatic rings. The molecule has 1 aromatic carbocycles. The fourth-order valence-electron chi connectivity index (χ4n) is 3.93. The number of likely N-dealkylation sites (tertiary alicyclic amines) is 1. The summed E-state index contributed by atoms with van der Waals surface area (Å²) in [5.41, 5.74) is 0.798. The number of piperidine rings is 1. The molecule has 1 amide bonds. The average molecular weight is 363 g/mol. The van der Waals surface area contributed by atoms with Crippen LogP contribution < -0.4 is 4.74 Å². The van der Waals surface area contributed by atoms with Gasteiger partial charge in [-0.25, -0.2) is 0 Å². The van der Waals surface area contributed by atoms with Crippen LogP contribution in [0.25, 0.3) is 0 Å².